The van der Waals surface area contributed by atoms with Gasteiger partial charge < -0.3 is 18.9 Å². The molecule has 0 saturated heterocycles. The van der Waals surface area contributed by atoms with E-state index in [1.807, 2.05) is 0 Å². The highest BCUT2D eigenvalue weighted by Gasteiger charge is 2.51. The molecule has 0 radical (unpaired) electrons. The van der Waals surface area contributed by atoms with Gasteiger partial charge in [0, 0.05) is 18.3 Å². The van der Waals surface area contributed by atoms with E-state index in [4.69, 9.17) is 18.9 Å². The maximum absolute atomic E-state index is 13.0. The first-order chi connectivity index (χ1) is 15.7. The van der Waals surface area contributed by atoms with Gasteiger partial charge in [-0.25, -0.2) is 9.59 Å². The van der Waals surface area contributed by atoms with E-state index in [0.717, 1.165) is 0 Å². The molecule has 0 aliphatic carbocycles. The molecule has 1 aromatic heterocycles. The van der Waals surface area contributed by atoms with E-state index in [-0.39, 0.29) is 32.0 Å². The molecule has 0 amide bonds. The van der Waals surface area contributed by atoms with Crippen LogP contribution in [0.5, 0.6) is 0 Å². The van der Waals surface area contributed by atoms with Crippen molar-refractivity contribution in [3.05, 3.63) is 30.1 Å². The minimum absolute atomic E-state index is 0.0939. The predicted octanol–water partition coefficient (Wildman–Crippen LogP) is 0.788. The van der Waals surface area contributed by atoms with Gasteiger partial charge in [0.15, 0.2) is 0 Å². The fourth-order valence-electron chi connectivity index (χ4n) is 3.12. The molecule has 1 aromatic rings. The minimum Gasteiger partial charge on any atom is -0.465 e. The van der Waals surface area contributed by atoms with Gasteiger partial charge in [-0.15, -0.1) is 0 Å². The number of esters is 4. The molecule has 0 N–H and O–H groups in total. The number of ketones is 2. The van der Waals surface area contributed by atoms with Crippen molar-refractivity contribution in [2.75, 3.05) is 26.4 Å². The molecule has 180 valence electrons. The molecule has 11 nitrogen and oxygen atoms in total. The van der Waals surface area contributed by atoms with E-state index in [2.05, 4.69) is 4.98 Å². The van der Waals surface area contributed by atoms with Crippen molar-refractivity contribution >= 4 is 35.4 Å². The van der Waals surface area contributed by atoms with E-state index in [0.29, 0.717) is 0 Å². The highest BCUT2D eigenvalue weighted by atomic mass is 16.6. The molecule has 1 rings (SSSR count). The van der Waals surface area contributed by atoms with E-state index in [9.17, 15) is 28.8 Å². The van der Waals surface area contributed by atoms with Crippen LogP contribution < -0.4 is 0 Å². The summed E-state index contributed by atoms with van der Waals surface area (Å²) in [7, 11) is 0. The van der Waals surface area contributed by atoms with Crippen molar-refractivity contribution < 1.29 is 47.7 Å². The van der Waals surface area contributed by atoms with Crippen LogP contribution in [-0.2, 0) is 47.7 Å². The second kappa shape index (κ2) is 13.7. The second-order valence-electron chi connectivity index (χ2n) is 6.44. The number of rotatable bonds is 13. The molecular formula is C22H27NO10. The van der Waals surface area contributed by atoms with Gasteiger partial charge in [-0.2, -0.15) is 0 Å². The zero-order valence-electron chi connectivity index (χ0n) is 18.9. The molecule has 1 heterocycles. The Bertz CT molecular complexity index is 815. The molecule has 33 heavy (non-hydrogen) atoms. The first-order valence-electron chi connectivity index (χ1n) is 10.4. The molecule has 11 heteroatoms. The molecule has 0 spiro atoms. The van der Waals surface area contributed by atoms with Crippen molar-refractivity contribution in [2.45, 2.75) is 33.6 Å². The van der Waals surface area contributed by atoms with E-state index in [1.54, 1.807) is 0 Å². The maximum Gasteiger partial charge on any atom is 0.375 e. The van der Waals surface area contributed by atoms with Crippen LogP contribution in [0.1, 0.15) is 39.2 Å². The molecule has 0 aliphatic rings. The van der Waals surface area contributed by atoms with Crippen LogP contribution in [0.3, 0.4) is 0 Å². The Kier molecular flexibility index (Phi) is 11.4. The van der Waals surface area contributed by atoms with Crippen LogP contribution in [0.15, 0.2) is 24.5 Å². The van der Waals surface area contributed by atoms with E-state index < -0.39 is 53.2 Å². The smallest absolute Gasteiger partial charge is 0.375 e. The fourth-order valence-corrected chi connectivity index (χ4v) is 3.12. The third-order valence-electron chi connectivity index (χ3n) is 4.41. The normalized spacial score (nSPS) is 12.3. The molecule has 0 saturated carbocycles. The Hall–Kier alpha value is -3.63. The summed E-state index contributed by atoms with van der Waals surface area (Å²) in [5, 5.41) is 0. The Morgan fingerprint density at radius 1 is 0.667 bits per heavy atom. The summed E-state index contributed by atoms with van der Waals surface area (Å²) in [5.41, 5.74) is 0.0939. The lowest BCUT2D eigenvalue weighted by Gasteiger charge is -2.29. The zero-order valence-corrected chi connectivity index (χ0v) is 18.9. The highest BCUT2D eigenvalue weighted by molar-refractivity contribution is 6.40. The average molecular weight is 465 g/mol. The SMILES string of the molecule is CCOC(=O)C(=O)[C@@H](C(=O)OCC)C(c1ccncc1)[C@H](C(=O)OCC)C(=O)C(=O)OCC. The Morgan fingerprint density at radius 2 is 1.03 bits per heavy atom. The number of carbonyl (C=O) groups is 6. The van der Waals surface area contributed by atoms with E-state index >= 15 is 0 Å². The van der Waals surface area contributed by atoms with Gasteiger partial charge in [-0.05, 0) is 45.4 Å². The molecule has 2 atom stereocenters. The lowest BCUT2D eigenvalue weighted by molar-refractivity contribution is -0.168. The third kappa shape index (κ3) is 7.19. The van der Waals surface area contributed by atoms with Gasteiger partial charge in [0.2, 0.25) is 0 Å². The molecule has 0 aliphatic heterocycles. The molecule has 0 unspecified atom stereocenters. The minimum atomic E-state index is -1.99. The van der Waals surface area contributed by atoms with Crippen LogP contribution in [0.2, 0.25) is 0 Å². The third-order valence-corrected chi connectivity index (χ3v) is 4.41. The van der Waals surface area contributed by atoms with Crippen molar-refractivity contribution in [1.29, 1.82) is 0 Å². The zero-order chi connectivity index (χ0) is 25.0. The number of hydrogen-bond acceptors (Lipinski definition) is 11. The van der Waals surface area contributed by atoms with Gasteiger partial charge in [0.25, 0.3) is 11.6 Å². The summed E-state index contributed by atoms with van der Waals surface area (Å²) in [6, 6.07) is 2.67. The van der Waals surface area contributed by atoms with Gasteiger partial charge in [-0.3, -0.25) is 24.2 Å². The monoisotopic (exact) mass is 465 g/mol. The maximum atomic E-state index is 13.0. The largest absolute Gasteiger partial charge is 0.465 e. The first-order valence-corrected chi connectivity index (χ1v) is 10.4. The number of aromatic nitrogens is 1. The van der Waals surface area contributed by atoms with Crippen molar-refractivity contribution in [2.24, 2.45) is 11.8 Å². The number of Topliss-reactive ketones (excluding diaryl/α,β-unsaturated/α-hetero) is 2. The number of carbonyl (C=O) groups excluding carboxylic acids is 6. The van der Waals surface area contributed by atoms with Gasteiger partial charge in [0.1, 0.15) is 11.8 Å². The standard InChI is InChI=1S/C22H27NO10/c1-5-30-19(26)15(17(24)21(28)32-7-3)14(13-9-11-23-12-10-13)16(20(27)31-6-2)18(25)22(29)33-8-4/h9-12,14-16H,5-8H2,1-4H3/t15-,16-/m0/s1. The summed E-state index contributed by atoms with van der Waals surface area (Å²) in [5.74, 6) is -13.4. The number of hydrogen-bond donors (Lipinski definition) is 0. The second-order valence-corrected chi connectivity index (χ2v) is 6.44. The molecular weight excluding hydrogens is 438 g/mol. The van der Waals surface area contributed by atoms with Crippen molar-refractivity contribution in [3.8, 4) is 0 Å². The fraction of sp³-hybridized carbons (Fsp3) is 0.500. The first kappa shape index (κ1) is 27.4. The molecule has 0 fully saturated rings. The lowest BCUT2D eigenvalue weighted by Crippen LogP contribution is -2.46. The van der Waals surface area contributed by atoms with Crippen LogP contribution in [0.25, 0.3) is 0 Å². The lowest BCUT2D eigenvalue weighted by atomic mass is 9.73. The Morgan fingerprint density at radius 3 is 1.36 bits per heavy atom. The number of pyridine rings is 1. The van der Waals surface area contributed by atoms with Crippen molar-refractivity contribution in [3.63, 3.8) is 0 Å². The summed E-state index contributed by atoms with van der Waals surface area (Å²) >= 11 is 0. The van der Waals surface area contributed by atoms with Crippen LogP contribution in [0, 0.1) is 11.8 Å². The number of nitrogens with zero attached hydrogens (tertiary/aromatic N) is 1. The van der Waals surface area contributed by atoms with Gasteiger partial charge in [0.05, 0.1) is 26.4 Å². The summed E-state index contributed by atoms with van der Waals surface area (Å²) in [4.78, 5) is 80.1. The van der Waals surface area contributed by atoms with Crippen LogP contribution in [0.4, 0.5) is 0 Å². The molecule has 0 aromatic carbocycles. The van der Waals surface area contributed by atoms with Crippen LogP contribution in [-0.4, -0.2) is 66.9 Å². The Balaban J connectivity index is 3.79. The summed E-state index contributed by atoms with van der Waals surface area (Å²) in [6.07, 6.45) is 2.58. The average Bonchev–Trinajstić information content (AvgIpc) is 2.79. The topological polar surface area (TPSA) is 152 Å². The summed E-state index contributed by atoms with van der Waals surface area (Å²) in [6.45, 7) is 5.20. The van der Waals surface area contributed by atoms with E-state index in [1.165, 1.54) is 52.2 Å². The quantitative estimate of drug-likeness (QED) is 0.176. The van der Waals surface area contributed by atoms with Gasteiger partial charge in [-0.1, -0.05) is 0 Å². The predicted molar refractivity (Wildman–Crippen MR) is 111 cm³/mol. The van der Waals surface area contributed by atoms with Crippen molar-refractivity contribution in [1.82, 2.24) is 4.98 Å². The number of ether oxygens (including phenoxy) is 4. The highest BCUT2D eigenvalue weighted by Crippen LogP contribution is 2.36. The van der Waals surface area contributed by atoms with Crippen LogP contribution >= 0.6 is 0 Å². The Labute approximate surface area is 190 Å². The van der Waals surface area contributed by atoms with Gasteiger partial charge >= 0.3 is 23.9 Å². The summed E-state index contributed by atoms with van der Waals surface area (Å²) < 4.78 is 19.4. The molecule has 0 bridgehead atoms.